The van der Waals surface area contributed by atoms with Crippen molar-refractivity contribution in [1.82, 2.24) is 0 Å². The SMILES string of the molecule is [CH-]=C.[CH-]=C/C=C\[CH]=[Zn]. The van der Waals surface area contributed by atoms with Gasteiger partial charge in [-0.2, -0.15) is 0 Å². The van der Waals surface area contributed by atoms with Crippen molar-refractivity contribution in [2.75, 3.05) is 0 Å². The van der Waals surface area contributed by atoms with Crippen LogP contribution in [0.3, 0.4) is 0 Å². The van der Waals surface area contributed by atoms with Gasteiger partial charge in [0, 0.05) is 0 Å². The second-order valence-corrected chi connectivity index (χ2v) is 1.80. The van der Waals surface area contributed by atoms with Gasteiger partial charge in [0.15, 0.2) is 0 Å². The summed E-state index contributed by atoms with van der Waals surface area (Å²) in [5, 5.41) is 0. The summed E-state index contributed by atoms with van der Waals surface area (Å²) in [7, 11) is 0. The Bertz CT molecular complexity index is 72.4. The van der Waals surface area contributed by atoms with Crippen LogP contribution in [0.2, 0.25) is 0 Å². The zero-order valence-corrected chi connectivity index (χ0v) is 7.85. The van der Waals surface area contributed by atoms with E-state index in [2.05, 4.69) is 13.2 Å². The van der Waals surface area contributed by atoms with E-state index in [1.54, 1.807) is 0 Å². The molecule has 0 fully saturated rings. The Kier molecular flexibility index (Phi) is 21.2. The summed E-state index contributed by atoms with van der Waals surface area (Å²) in [6.07, 6.45) is 5.26. The first-order valence-corrected chi connectivity index (χ1v) is 3.86. The van der Waals surface area contributed by atoms with Crippen LogP contribution in [0.4, 0.5) is 0 Å². The maximum atomic E-state index is 5.00. The fourth-order valence-corrected chi connectivity index (χ4v) is 0.472. The molecule has 0 saturated heterocycles. The van der Waals surface area contributed by atoms with Gasteiger partial charge in [-0.15, -0.1) is 0 Å². The van der Waals surface area contributed by atoms with Crippen molar-refractivity contribution in [3.8, 4) is 0 Å². The minimum absolute atomic E-state index is 1.20. The molecular formula is C7H8Zn-2. The van der Waals surface area contributed by atoms with Gasteiger partial charge in [-0.25, -0.2) is 0 Å². The van der Waals surface area contributed by atoms with Crippen LogP contribution < -0.4 is 0 Å². The first-order valence-electron chi connectivity index (χ1n) is 2.15. The number of rotatable bonds is 2. The van der Waals surface area contributed by atoms with Crippen molar-refractivity contribution >= 4 is 4.61 Å². The second kappa shape index (κ2) is 15.9. The Morgan fingerprint density at radius 2 is 1.75 bits per heavy atom. The van der Waals surface area contributed by atoms with E-state index in [4.69, 9.17) is 6.58 Å². The Hall–Kier alpha value is -0.287. The van der Waals surface area contributed by atoms with Crippen LogP contribution in [0.25, 0.3) is 0 Å². The third-order valence-electron chi connectivity index (χ3n) is 0.358. The van der Waals surface area contributed by atoms with Gasteiger partial charge < -0.3 is 6.58 Å². The van der Waals surface area contributed by atoms with Crippen LogP contribution >= 0.6 is 0 Å². The van der Waals surface area contributed by atoms with Crippen LogP contribution in [-0.4, -0.2) is 4.61 Å². The van der Waals surface area contributed by atoms with Crippen molar-refractivity contribution in [3.63, 3.8) is 0 Å². The molecule has 0 aliphatic rings. The molecule has 1 heteroatoms. The standard InChI is InChI=1S/C5H5.C2H3.Zn/c1-3-5-4-2;1-2;/h1-5H;1H,2H2;/q2*-1;/b5-3-;;. The van der Waals surface area contributed by atoms with E-state index in [1.165, 1.54) is 23.9 Å². The Balaban J connectivity index is 0. The second-order valence-electron chi connectivity index (χ2n) is 0.813. The zero-order chi connectivity index (χ0) is 6.83. The van der Waals surface area contributed by atoms with Gasteiger partial charge in [-0.3, -0.25) is 6.58 Å². The molecule has 0 heterocycles. The zero-order valence-electron chi connectivity index (χ0n) is 4.88. The van der Waals surface area contributed by atoms with Gasteiger partial charge in [0.05, 0.1) is 0 Å². The fraction of sp³-hybridized carbons (Fsp3) is 0. The van der Waals surface area contributed by atoms with Crippen molar-refractivity contribution < 1.29 is 17.9 Å². The monoisotopic (exact) mass is 156 g/mol. The van der Waals surface area contributed by atoms with Gasteiger partial charge in [-0.05, 0) is 0 Å². The summed E-state index contributed by atoms with van der Waals surface area (Å²) in [4.78, 5) is 0. The summed E-state index contributed by atoms with van der Waals surface area (Å²) >= 11 is 1.20. The van der Waals surface area contributed by atoms with Gasteiger partial charge in [0.25, 0.3) is 0 Å². The molecule has 0 aromatic heterocycles. The molecule has 0 aliphatic carbocycles. The quantitative estimate of drug-likeness (QED) is 0.324. The molecular weight excluding hydrogens is 149 g/mol. The molecule has 0 atom stereocenters. The van der Waals surface area contributed by atoms with Gasteiger partial charge >= 0.3 is 47.3 Å². The van der Waals surface area contributed by atoms with E-state index in [0.717, 1.165) is 0 Å². The van der Waals surface area contributed by atoms with Crippen LogP contribution in [0.1, 0.15) is 0 Å². The summed E-state index contributed by atoms with van der Waals surface area (Å²) in [5.41, 5.74) is 0. The first kappa shape index (κ1) is 10.6. The van der Waals surface area contributed by atoms with Crippen LogP contribution in [-0.2, 0) is 17.9 Å². The number of allylic oxidation sites excluding steroid dienone is 3. The van der Waals surface area contributed by atoms with Crippen molar-refractivity contribution in [1.29, 1.82) is 0 Å². The summed E-state index contributed by atoms with van der Waals surface area (Å²) in [6.45, 7) is 12.0. The van der Waals surface area contributed by atoms with E-state index < -0.39 is 0 Å². The summed E-state index contributed by atoms with van der Waals surface area (Å²) < 4.78 is 2.04. The summed E-state index contributed by atoms with van der Waals surface area (Å²) in [6, 6.07) is 0. The van der Waals surface area contributed by atoms with E-state index in [9.17, 15) is 0 Å². The molecule has 0 aromatic rings. The van der Waals surface area contributed by atoms with Crippen molar-refractivity contribution in [2.24, 2.45) is 0 Å². The van der Waals surface area contributed by atoms with E-state index in [0.29, 0.717) is 0 Å². The molecule has 0 N–H and O–H groups in total. The molecule has 0 aliphatic heterocycles. The topological polar surface area (TPSA) is 0 Å². The maximum absolute atomic E-state index is 5.00. The number of hydrogen-bond acceptors (Lipinski definition) is 0. The van der Waals surface area contributed by atoms with Crippen LogP contribution in [0.15, 0.2) is 24.8 Å². The van der Waals surface area contributed by atoms with E-state index >= 15 is 0 Å². The molecule has 0 unspecified atom stereocenters. The van der Waals surface area contributed by atoms with E-state index in [-0.39, 0.29) is 0 Å². The molecule has 0 spiro atoms. The fourth-order valence-electron chi connectivity index (χ4n) is 0.143. The van der Waals surface area contributed by atoms with Gasteiger partial charge in [-0.1, -0.05) is 0 Å². The van der Waals surface area contributed by atoms with E-state index in [1.807, 2.05) is 16.8 Å². The average molecular weight is 158 g/mol. The molecule has 0 radical (unpaired) electrons. The predicted molar refractivity (Wildman–Crippen MR) is 34.0 cm³/mol. The van der Waals surface area contributed by atoms with Crippen LogP contribution in [0.5, 0.6) is 0 Å². The molecule has 0 bridgehead atoms. The minimum atomic E-state index is 1.20. The molecule has 0 nitrogen and oxygen atoms in total. The average Bonchev–Trinajstić information content (AvgIpc) is 1.88. The molecule has 0 aromatic carbocycles. The van der Waals surface area contributed by atoms with Gasteiger partial charge in [0.2, 0.25) is 0 Å². The van der Waals surface area contributed by atoms with Crippen molar-refractivity contribution in [3.05, 3.63) is 38.0 Å². The predicted octanol–water partition coefficient (Wildman–Crippen LogP) is 1.49. The van der Waals surface area contributed by atoms with Crippen LogP contribution in [0, 0.1) is 13.2 Å². The van der Waals surface area contributed by atoms with Crippen molar-refractivity contribution in [2.45, 2.75) is 0 Å². The normalized spacial score (nSPS) is 7.25. The molecule has 0 saturated carbocycles. The summed E-state index contributed by atoms with van der Waals surface area (Å²) in [5.74, 6) is 0. The van der Waals surface area contributed by atoms with Gasteiger partial charge in [0.1, 0.15) is 0 Å². The Morgan fingerprint density at radius 1 is 1.25 bits per heavy atom. The third kappa shape index (κ3) is 17.2. The molecule has 0 rings (SSSR count). The molecule has 0 amide bonds. The number of hydrogen-bond donors (Lipinski definition) is 0. The first-order chi connectivity index (χ1) is 3.91. The molecule has 8 heavy (non-hydrogen) atoms. The third-order valence-corrected chi connectivity index (χ3v) is 0.929. The Morgan fingerprint density at radius 3 is 1.88 bits per heavy atom. The Labute approximate surface area is 60.8 Å². The molecule has 40 valence electrons.